The SMILES string of the molecule is CCC1(C(=O)O)CCCN(CC(=O)N(C)C(C)C)C1. The van der Waals surface area contributed by atoms with E-state index in [0.29, 0.717) is 25.9 Å². The van der Waals surface area contributed by atoms with E-state index in [4.69, 9.17) is 0 Å². The highest BCUT2D eigenvalue weighted by atomic mass is 16.4. The summed E-state index contributed by atoms with van der Waals surface area (Å²) in [6, 6.07) is 0.174. The summed E-state index contributed by atoms with van der Waals surface area (Å²) in [5.41, 5.74) is -0.672. The molecule has 1 N–H and O–H groups in total. The molecule has 0 spiro atoms. The van der Waals surface area contributed by atoms with Gasteiger partial charge in [-0.1, -0.05) is 6.92 Å². The highest BCUT2D eigenvalue weighted by Gasteiger charge is 2.41. The highest BCUT2D eigenvalue weighted by molar-refractivity contribution is 5.79. The van der Waals surface area contributed by atoms with Crippen molar-refractivity contribution in [3.63, 3.8) is 0 Å². The van der Waals surface area contributed by atoms with E-state index in [9.17, 15) is 14.7 Å². The lowest BCUT2D eigenvalue weighted by atomic mass is 9.77. The molecule has 1 unspecified atom stereocenters. The lowest BCUT2D eigenvalue weighted by Gasteiger charge is -2.39. The molecule has 1 heterocycles. The van der Waals surface area contributed by atoms with Crippen molar-refractivity contribution >= 4 is 11.9 Å². The Morgan fingerprint density at radius 3 is 2.53 bits per heavy atom. The van der Waals surface area contributed by atoms with Gasteiger partial charge in [0.25, 0.3) is 0 Å². The van der Waals surface area contributed by atoms with Crippen LogP contribution in [-0.4, -0.2) is 59.5 Å². The number of aliphatic carboxylic acids is 1. The molecule has 19 heavy (non-hydrogen) atoms. The molecule has 0 aliphatic carbocycles. The average Bonchev–Trinajstić information content (AvgIpc) is 2.37. The van der Waals surface area contributed by atoms with Crippen LogP contribution in [0.3, 0.4) is 0 Å². The summed E-state index contributed by atoms with van der Waals surface area (Å²) in [5, 5.41) is 9.42. The fourth-order valence-corrected chi connectivity index (χ4v) is 2.57. The fraction of sp³-hybridized carbons (Fsp3) is 0.857. The van der Waals surface area contributed by atoms with E-state index in [2.05, 4.69) is 0 Å². The number of amides is 1. The van der Waals surface area contributed by atoms with Crippen LogP contribution in [-0.2, 0) is 9.59 Å². The van der Waals surface area contributed by atoms with Crippen molar-refractivity contribution in [2.75, 3.05) is 26.7 Å². The van der Waals surface area contributed by atoms with Crippen molar-refractivity contribution in [1.29, 1.82) is 0 Å². The minimum absolute atomic E-state index is 0.0623. The number of nitrogens with zero attached hydrogens (tertiary/aromatic N) is 2. The number of likely N-dealkylation sites (N-methyl/N-ethyl adjacent to an activating group) is 1. The summed E-state index contributed by atoms with van der Waals surface area (Å²) >= 11 is 0. The molecule has 1 rings (SSSR count). The van der Waals surface area contributed by atoms with Crippen LogP contribution in [0.15, 0.2) is 0 Å². The Balaban J connectivity index is 2.65. The molecule has 1 fully saturated rings. The zero-order valence-electron chi connectivity index (χ0n) is 12.5. The molecular formula is C14H26N2O3. The maximum absolute atomic E-state index is 12.1. The van der Waals surface area contributed by atoms with Gasteiger partial charge < -0.3 is 10.0 Å². The van der Waals surface area contributed by atoms with Gasteiger partial charge in [-0.3, -0.25) is 14.5 Å². The lowest BCUT2D eigenvalue weighted by Crippen LogP contribution is -2.51. The number of hydrogen-bond donors (Lipinski definition) is 1. The maximum Gasteiger partial charge on any atom is 0.310 e. The first-order valence-corrected chi connectivity index (χ1v) is 7.04. The van der Waals surface area contributed by atoms with Crippen LogP contribution >= 0.6 is 0 Å². The molecule has 1 atom stereocenters. The third kappa shape index (κ3) is 3.69. The van der Waals surface area contributed by atoms with Crippen LogP contribution in [0.2, 0.25) is 0 Å². The van der Waals surface area contributed by atoms with Gasteiger partial charge in [0.2, 0.25) is 5.91 Å². The maximum atomic E-state index is 12.1. The predicted octanol–water partition coefficient (Wildman–Crippen LogP) is 1.43. The first-order chi connectivity index (χ1) is 8.82. The van der Waals surface area contributed by atoms with Crippen molar-refractivity contribution in [2.24, 2.45) is 5.41 Å². The molecule has 5 heteroatoms. The quantitative estimate of drug-likeness (QED) is 0.821. The first kappa shape index (κ1) is 16.0. The number of carbonyl (C=O) groups excluding carboxylic acids is 1. The fourth-order valence-electron chi connectivity index (χ4n) is 2.57. The molecule has 1 aliphatic rings. The van der Waals surface area contributed by atoms with E-state index in [0.717, 1.165) is 13.0 Å². The monoisotopic (exact) mass is 270 g/mol. The summed E-state index contributed by atoms with van der Waals surface area (Å²) in [6.07, 6.45) is 2.18. The second-order valence-corrected chi connectivity index (χ2v) is 5.85. The summed E-state index contributed by atoms with van der Waals surface area (Å²) in [4.78, 5) is 27.2. The molecule has 0 aromatic heterocycles. The van der Waals surface area contributed by atoms with Crippen LogP contribution in [0, 0.1) is 5.41 Å². The molecule has 1 aliphatic heterocycles. The first-order valence-electron chi connectivity index (χ1n) is 7.04. The van der Waals surface area contributed by atoms with E-state index >= 15 is 0 Å². The Labute approximate surface area is 115 Å². The van der Waals surface area contributed by atoms with E-state index in [1.165, 1.54) is 0 Å². The Morgan fingerprint density at radius 1 is 1.42 bits per heavy atom. The van der Waals surface area contributed by atoms with Gasteiger partial charge in [-0.15, -0.1) is 0 Å². The minimum Gasteiger partial charge on any atom is -0.481 e. The van der Waals surface area contributed by atoms with Crippen molar-refractivity contribution in [1.82, 2.24) is 9.80 Å². The molecule has 1 saturated heterocycles. The number of likely N-dealkylation sites (tertiary alicyclic amines) is 1. The number of hydrogen-bond acceptors (Lipinski definition) is 3. The van der Waals surface area contributed by atoms with Gasteiger partial charge in [-0.05, 0) is 39.7 Å². The molecule has 110 valence electrons. The number of piperidine rings is 1. The molecule has 0 radical (unpaired) electrons. The van der Waals surface area contributed by atoms with Gasteiger partial charge in [0.15, 0.2) is 0 Å². The third-order valence-electron chi connectivity index (χ3n) is 4.31. The molecule has 0 aromatic rings. The van der Waals surface area contributed by atoms with Gasteiger partial charge >= 0.3 is 5.97 Å². The predicted molar refractivity (Wildman–Crippen MR) is 73.9 cm³/mol. The zero-order valence-corrected chi connectivity index (χ0v) is 12.5. The van der Waals surface area contributed by atoms with Crippen LogP contribution in [0.4, 0.5) is 0 Å². The van der Waals surface area contributed by atoms with E-state index in [-0.39, 0.29) is 11.9 Å². The van der Waals surface area contributed by atoms with Crippen molar-refractivity contribution in [3.05, 3.63) is 0 Å². The van der Waals surface area contributed by atoms with Crippen LogP contribution in [0.1, 0.15) is 40.0 Å². The second kappa shape index (κ2) is 6.37. The van der Waals surface area contributed by atoms with E-state index in [1.807, 2.05) is 25.7 Å². The molecule has 5 nitrogen and oxygen atoms in total. The second-order valence-electron chi connectivity index (χ2n) is 5.85. The van der Waals surface area contributed by atoms with Gasteiger partial charge in [0.1, 0.15) is 0 Å². The lowest BCUT2D eigenvalue weighted by molar-refractivity contribution is -0.154. The Hall–Kier alpha value is -1.10. The molecule has 1 amide bonds. The summed E-state index contributed by atoms with van der Waals surface area (Å²) in [6.45, 7) is 7.48. The van der Waals surface area contributed by atoms with E-state index in [1.54, 1.807) is 11.9 Å². The largest absolute Gasteiger partial charge is 0.481 e. The third-order valence-corrected chi connectivity index (χ3v) is 4.31. The van der Waals surface area contributed by atoms with Crippen molar-refractivity contribution in [3.8, 4) is 0 Å². The van der Waals surface area contributed by atoms with Gasteiger partial charge in [-0.25, -0.2) is 0 Å². The zero-order chi connectivity index (χ0) is 14.6. The standard InChI is InChI=1S/C14H26N2O3/c1-5-14(13(18)19)7-6-8-16(10-14)9-12(17)15(4)11(2)3/h11H,5-10H2,1-4H3,(H,18,19). The van der Waals surface area contributed by atoms with E-state index < -0.39 is 11.4 Å². The summed E-state index contributed by atoms with van der Waals surface area (Å²) in [5.74, 6) is -0.670. The normalized spacial score (nSPS) is 24.5. The number of rotatable bonds is 5. The van der Waals surface area contributed by atoms with Crippen LogP contribution < -0.4 is 0 Å². The number of carboxylic acid groups (broad SMARTS) is 1. The number of carboxylic acids is 1. The Bertz CT molecular complexity index is 344. The Morgan fingerprint density at radius 2 is 2.05 bits per heavy atom. The number of carbonyl (C=O) groups is 2. The van der Waals surface area contributed by atoms with Crippen molar-refractivity contribution < 1.29 is 14.7 Å². The molecule has 0 aromatic carbocycles. The summed E-state index contributed by atoms with van der Waals surface area (Å²) in [7, 11) is 1.79. The molecule has 0 bridgehead atoms. The van der Waals surface area contributed by atoms with Crippen LogP contribution in [0.25, 0.3) is 0 Å². The smallest absolute Gasteiger partial charge is 0.310 e. The topological polar surface area (TPSA) is 60.9 Å². The van der Waals surface area contributed by atoms with Crippen LogP contribution in [0.5, 0.6) is 0 Å². The van der Waals surface area contributed by atoms with Gasteiger partial charge in [0.05, 0.1) is 12.0 Å². The summed E-state index contributed by atoms with van der Waals surface area (Å²) < 4.78 is 0. The Kier molecular flexibility index (Phi) is 5.35. The van der Waals surface area contributed by atoms with Gasteiger partial charge in [-0.2, -0.15) is 0 Å². The highest BCUT2D eigenvalue weighted by Crippen LogP contribution is 2.33. The van der Waals surface area contributed by atoms with Crippen molar-refractivity contribution in [2.45, 2.75) is 46.1 Å². The average molecular weight is 270 g/mol. The minimum atomic E-state index is -0.732. The molecule has 0 saturated carbocycles. The molecular weight excluding hydrogens is 244 g/mol. The van der Waals surface area contributed by atoms with Gasteiger partial charge in [0, 0.05) is 19.6 Å².